The summed E-state index contributed by atoms with van der Waals surface area (Å²) in [4.78, 5) is 10.7. The Morgan fingerprint density at radius 3 is 2.59 bits per heavy atom. The fourth-order valence-corrected chi connectivity index (χ4v) is 10.3. The van der Waals surface area contributed by atoms with E-state index < -0.39 is 16.8 Å². The second kappa shape index (κ2) is 12.2. The Balaban J connectivity index is 1.33. The SMILES string of the molecule is CC(C)CCCC(C)C1CCC2C3CC=C4CC(OCCCS(=O)CC(=O)O)CCC4(C)C3CCC12C. The van der Waals surface area contributed by atoms with Crippen LogP contribution in [0.5, 0.6) is 0 Å². The van der Waals surface area contributed by atoms with E-state index in [1.165, 1.54) is 57.8 Å². The van der Waals surface area contributed by atoms with Crippen LogP contribution >= 0.6 is 0 Å². The number of hydrogen-bond donors (Lipinski definition) is 1. The second-order valence-corrected chi connectivity index (χ2v) is 15.6. The molecule has 4 aliphatic rings. The molecule has 0 aromatic heterocycles. The van der Waals surface area contributed by atoms with Crippen LogP contribution in [0.3, 0.4) is 0 Å². The Labute approximate surface area is 229 Å². The first-order valence-electron chi connectivity index (χ1n) is 15.4. The molecule has 0 radical (unpaired) electrons. The molecule has 3 fully saturated rings. The lowest BCUT2D eigenvalue weighted by molar-refractivity contribution is -0.133. The molecular weight excluding hydrogens is 480 g/mol. The number of carboxylic acid groups (broad SMARTS) is 1. The fourth-order valence-electron chi connectivity index (χ4n) is 9.47. The van der Waals surface area contributed by atoms with Gasteiger partial charge < -0.3 is 9.84 Å². The summed E-state index contributed by atoms with van der Waals surface area (Å²) in [7, 11) is -1.28. The second-order valence-electron chi connectivity index (χ2n) is 14.1. The van der Waals surface area contributed by atoms with E-state index in [1.54, 1.807) is 5.57 Å². The van der Waals surface area contributed by atoms with Crippen molar-refractivity contribution in [3.05, 3.63) is 11.6 Å². The third-order valence-electron chi connectivity index (χ3n) is 11.4. The van der Waals surface area contributed by atoms with Crippen LogP contribution in [0.2, 0.25) is 0 Å². The predicted molar refractivity (Wildman–Crippen MR) is 153 cm³/mol. The molecule has 0 spiro atoms. The number of carboxylic acids is 1. The molecular formula is C32H54O4S. The first-order chi connectivity index (χ1) is 17.5. The van der Waals surface area contributed by atoms with Crippen molar-refractivity contribution < 1.29 is 18.8 Å². The molecule has 0 aromatic carbocycles. The van der Waals surface area contributed by atoms with Crippen LogP contribution in [0.25, 0.3) is 0 Å². The van der Waals surface area contributed by atoms with Crippen LogP contribution in [0, 0.1) is 46.3 Å². The molecule has 4 rings (SSSR count). The molecule has 0 heterocycles. The van der Waals surface area contributed by atoms with Crippen molar-refractivity contribution in [3.8, 4) is 0 Å². The van der Waals surface area contributed by atoms with Gasteiger partial charge in [0.15, 0.2) is 0 Å². The molecule has 4 nitrogen and oxygen atoms in total. The summed E-state index contributed by atoms with van der Waals surface area (Å²) in [6.45, 7) is 13.1. The van der Waals surface area contributed by atoms with Crippen LogP contribution in [0.4, 0.5) is 0 Å². The lowest BCUT2D eigenvalue weighted by atomic mass is 9.47. The quantitative estimate of drug-likeness (QED) is 0.206. The van der Waals surface area contributed by atoms with Gasteiger partial charge in [0, 0.05) is 23.2 Å². The van der Waals surface area contributed by atoms with Gasteiger partial charge in [-0.25, -0.2) is 0 Å². The van der Waals surface area contributed by atoms with Gasteiger partial charge in [-0.2, -0.15) is 0 Å². The van der Waals surface area contributed by atoms with Gasteiger partial charge in [-0.1, -0.05) is 65.5 Å². The van der Waals surface area contributed by atoms with Crippen molar-refractivity contribution >= 4 is 16.8 Å². The molecule has 0 saturated heterocycles. The van der Waals surface area contributed by atoms with Crippen molar-refractivity contribution in [2.45, 2.75) is 118 Å². The minimum absolute atomic E-state index is 0.255. The smallest absolute Gasteiger partial charge is 0.316 e. The van der Waals surface area contributed by atoms with Gasteiger partial charge in [0.05, 0.1) is 6.10 Å². The van der Waals surface area contributed by atoms with E-state index in [4.69, 9.17) is 9.84 Å². The molecule has 3 saturated carbocycles. The maximum Gasteiger partial charge on any atom is 0.316 e. The van der Waals surface area contributed by atoms with E-state index in [0.29, 0.717) is 29.6 Å². The van der Waals surface area contributed by atoms with E-state index in [-0.39, 0.29) is 11.9 Å². The topological polar surface area (TPSA) is 63.6 Å². The summed E-state index contributed by atoms with van der Waals surface area (Å²) in [5.74, 6) is 4.38. The van der Waals surface area contributed by atoms with Crippen LogP contribution in [0.15, 0.2) is 11.6 Å². The average Bonchev–Trinajstić information content (AvgIpc) is 3.18. The third-order valence-corrected chi connectivity index (χ3v) is 12.7. The maximum atomic E-state index is 11.8. The zero-order chi connectivity index (χ0) is 26.8. The van der Waals surface area contributed by atoms with Crippen molar-refractivity contribution in [1.29, 1.82) is 0 Å². The normalized spacial score (nSPS) is 38.9. The molecule has 0 bridgehead atoms. The van der Waals surface area contributed by atoms with Gasteiger partial charge in [0.1, 0.15) is 5.75 Å². The van der Waals surface area contributed by atoms with Crippen molar-refractivity contribution in [1.82, 2.24) is 0 Å². The Kier molecular flexibility index (Phi) is 9.69. The molecule has 37 heavy (non-hydrogen) atoms. The number of aliphatic carboxylic acids is 1. The molecule has 1 N–H and O–H groups in total. The maximum absolute atomic E-state index is 11.8. The molecule has 0 aliphatic heterocycles. The minimum atomic E-state index is -1.28. The Bertz CT molecular complexity index is 852. The standard InChI is InChI=1S/C32H54O4S/c1-22(2)8-6-9-23(3)27-12-13-28-26-11-10-24-20-25(36-18-7-19-37(35)21-30(33)34)14-16-31(24,4)29(26)15-17-32(27,28)5/h10,22-23,25-29H,6-9,11-21H2,1-5H3,(H,33,34). The molecule has 212 valence electrons. The average molecular weight is 535 g/mol. The number of allylic oxidation sites excluding steroid dienone is 1. The molecule has 9 atom stereocenters. The number of carbonyl (C=O) groups is 1. The largest absolute Gasteiger partial charge is 0.481 e. The van der Waals surface area contributed by atoms with Crippen LogP contribution in [0.1, 0.15) is 112 Å². The highest BCUT2D eigenvalue weighted by Crippen LogP contribution is 2.67. The molecule has 0 aromatic rings. The summed E-state index contributed by atoms with van der Waals surface area (Å²) >= 11 is 0. The molecule has 9 unspecified atom stereocenters. The lowest BCUT2D eigenvalue weighted by Gasteiger charge is -2.58. The van der Waals surface area contributed by atoms with E-state index in [9.17, 15) is 9.00 Å². The van der Waals surface area contributed by atoms with E-state index in [0.717, 1.165) is 48.3 Å². The Morgan fingerprint density at radius 1 is 1.08 bits per heavy atom. The number of hydrogen-bond acceptors (Lipinski definition) is 3. The predicted octanol–water partition coefficient (Wildman–Crippen LogP) is 7.64. The van der Waals surface area contributed by atoms with Crippen molar-refractivity contribution in [2.75, 3.05) is 18.1 Å². The summed E-state index contributed by atoms with van der Waals surface area (Å²) < 4.78 is 18.0. The summed E-state index contributed by atoms with van der Waals surface area (Å²) in [5.41, 5.74) is 2.54. The van der Waals surface area contributed by atoms with E-state index in [1.807, 2.05) is 0 Å². The Hall–Kier alpha value is -0.680. The number of ether oxygens (including phenoxy) is 1. The van der Waals surface area contributed by atoms with Crippen molar-refractivity contribution in [3.63, 3.8) is 0 Å². The van der Waals surface area contributed by atoms with Gasteiger partial charge in [-0.3, -0.25) is 9.00 Å². The number of fused-ring (bicyclic) bond motifs is 5. The van der Waals surface area contributed by atoms with E-state index >= 15 is 0 Å². The summed E-state index contributed by atoms with van der Waals surface area (Å²) in [5, 5.41) is 8.78. The van der Waals surface area contributed by atoms with Crippen LogP contribution in [-0.4, -0.2) is 39.5 Å². The van der Waals surface area contributed by atoms with Gasteiger partial charge >= 0.3 is 5.97 Å². The van der Waals surface area contributed by atoms with Gasteiger partial charge in [-0.15, -0.1) is 0 Å². The van der Waals surface area contributed by atoms with Crippen LogP contribution in [-0.2, 0) is 20.3 Å². The van der Waals surface area contributed by atoms with Crippen molar-refractivity contribution in [2.24, 2.45) is 46.3 Å². The van der Waals surface area contributed by atoms with E-state index in [2.05, 4.69) is 40.7 Å². The molecule has 4 aliphatic carbocycles. The first kappa shape index (κ1) is 29.3. The molecule has 0 amide bonds. The molecule has 5 heteroatoms. The van der Waals surface area contributed by atoms with Crippen LogP contribution < -0.4 is 0 Å². The highest BCUT2D eigenvalue weighted by molar-refractivity contribution is 7.85. The minimum Gasteiger partial charge on any atom is -0.481 e. The van der Waals surface area contributed by atoms with Gasteiger partial charge in [0.2, 0.25) is 0 Å². The Morgan fingerprint density at radius 2 is 1.86 bits per heavy atom. The number of rotatable bonds is 12. The zero-order valence-corrected chi connectivity index (χ0v) is 25.1. The highest BCUT2D eigenvalue weighted by atomic mass is 32.2. The van der Waals surface area contributed by atoms with Gasteiger partial charge in [0.25, 0.3) is 0 Å². The lowest BCUT2D eigenvalue weighted by Crippen LogP contribution is -2.51. The fraction of sp³-hybridized carbons (Fsp3) is 0.906. The summed E-state index contributed by atoms with van der Waals surface area (Å²) in [6.07, 6.45) is 18.2. The monoisotopic (exact) mass is 534 g/mol. The van der Waals surface area contributed by atoms with Gasteiger partial charge in [-0.05, 0) is 104 Å². The third kappa shape index (κ3) is 6.39. The highest BCUT2D eigenvalue weighted by Gasteiger charge is 2.59. The summed E-state index contributed by atoms with van der Waals surface area (Å²) in [6, 6.07) is 0. The zero-order valence-electron chi connectivity index (χ0n) is 24.3. The first-order valence-corrected chi connectivity index (χ1v) is 16.9.